The Bertz CT molecular complexity index is 754. The number of ether oxygens (including phenoxy) is 1. The number of nitrogens with zero attached hydrogens (tertiary/aromatic N) is 3. The Labute approximate surface area is 146 Å². The monoisotopic (exact) mass is 369 g/mol. The molecule has 0 bridgehead atoms. The van der Waals surface area contributed by atoms with Gasteiger partial charge in [0, 0.05) is 4.75 Å². The SMILES string of the molecule is COC(=O)C1=C(C)N=NC12C(=O)N1[C@@H](C(=O)O)C(C)(C)S[C@@H]12.O=C=O. The fourth-order valence-electron chi connectivity index (χ4n) is 3.30. The van der Waals surface area contributed by atoms with Crippen molar-refractivity contribution in [2.45, 2.75) is 42.5 Å². The maximum Gasteiger partial charge on any atom is 0.373 e. The molecule has 3 aliphatic rings. The summed E-state index contributed by atoms with van der Waals surface area (Å²) in [5, 5.41) is 16.8. The number of β-lactam (4-membered cyclic amide) rings is 1. The molecule has 0 saturated carbocycles. The van der Waals surface area contributed by atoms with Crippen molar-refractivity contribution in [3.63, 3.8) is 0 Å². The largest absolute Gasteiger partial charge is 0.480 e. The van der Waals surface area contributed by atoms with Crippen molar-refractivity contribution in [2.75, 3.05) is 7.11 Å². The zero-order valence-corrected chi connectivity index (χ0v) is 14.6. The number of carbonyl (C=O) groups is 3. The molecule has 0 radical (unpaired) electrons. The predicted molar refractivity (Wildman–Crippen MR) is 81.0 cm³/mol. The molecule has 0 aromatic heterocycles. The van der Waals surface area contributed by atoms with Crippen molar-refractivity contribution in [1.82, 2.24) is 4.90 Å². The van der Waals surface area contributed by atoms with E-state index in [4.69, 9.17) is 14.3 Å². The molecular weight excluding hydrogens is 354 g/mol. The number of carboxylic acid groups (broad SMARTS) is 1. The van der Waals surface area contributed by atoms with Gasteiger partial charge in [0.2, 0.25) is 5.54 Å². The Kier molecular flexibility index (Phi) is 4.58. The van der Waals surface area contributed by atoms with Gasteiger partial charge in [-0.2, -0.15) is 19.8 Å². The van der Waals surface area contributed by atoms with Crippen LogP contribution < -0.4 is 0 Å². The van der Waals surface area contributed by atoms with Crippen molar-refractivity contribution >= 4 is 35.8 Å². The third-order valence-corrected chi connectivity index (χ3v) is 5.87. The summed E-state index contributed by atoms with van der Waals surface area (Å²) in [4.78, 5) is 53.8. The molecular formula is C14H15N3O7S. The molecule has 1 amide bonds. The predicted octanol–water partition coefficient (Wildman–Crippen LogP) is 0.201. The second-order valence-electron chi connectivity index (χ2n) is 6.03. The molecule has 3 atom stereocenters. The fourth-order valence-corrected chi connectivity index (χ4v) is 4.99. The Morgan fingerprint density at radius 2 is 1.92 bits per heavy atom. The van der Waals surface area contributed by atoms with Gasteiger partial charge >= 0.3 is 18.1 Å². The molecule has 11 heteroatoms. The highest BCUT2D eigenvalue weighted by molar-refractivity contribution is 8.01. The number of rotatable bonds is 2. The van der Waals surface area contributed by atoms with Gasteiger partial charge in [0.05, 0.1) is 12.8 Å². The Morgan fingerprint density at radius 3 is 2.40 bits per heavy atom. The van der Waals surface area contributed by atoms with Crippen LogP contribution in [0, 0.1) is 0 Å². The number of hydrogen-bond donors (Lipinski definition) is 1. The smallest absolute Gasteiger partial charge is 0.373 e. The van der Waals surface area contributed by atoms with Crippen LogP contribution in [0.1, 0.15) is 20.8 Å². The van der Waals surface area contributed by atoms with Gasteiger partial charge in [0.25, 0.3) is 5.91 Å². The third-order valence-electron chi connectivity index (χ3n) is 4.25. The summed E-state index contributed by atoms with van der Waals surface area (Å²) >= 11 is 1.32. The quantitative estimate of drug-likeness (QED) is 0.537. The van der Waals surface area contributed by atoms with Crippen molar-refractivity contribution < 1.29 is 33.8 Å². The number of thioether (sulfide) groups is 1. The van der Waals surface area contributed by atoms with E-state index in [2.05, 4.69) is 10.2 Å². The average molecular weight is 369 g/mol. The van der Waals surface area contributed by atoms with Gasteiger partial charge in [-0.3, -0.25) is 4.79 Å². The van der Waals surface area contributed by atoms with E-state index >= 15 is 0 Å². The van der Waals surface area contributed by atoms with E-state index in [0.29, 0.717) is 5.70 Å². The zero-order valence-electron chi connectivity index (χ0n) is 13.8. The number of carboxylic acids is 1. The molecule has 10 nitrogen and oxygen atoms in total. The van der Waals surface area contributed by atoms with Gasteiger partial charge < -0.3 is 14.7 Å². The number of hydrogen-bond acceptors (Lipinski definition) is 9. The van der Waals surface area contributed by atoms with Crippen molar-refractivity contribution in [3.8, 4) is 0 Å². The van der Waals surface area contributed by atoms with Crippen LogP contribution in [0.5, 0.6) is 0 Å². The van der Waals surface area contributed by atoms with Crippen molar-refractivity contribution in [2.24, 2.45) is 10.2 Å². The lowest BCUT2D eigenvalue weighted by atomic mass is 9.79. The van der Waals surface area contributed by atoms with E-state index in [1.54, 1.807) is 20.8 Å². The number of amides is 1. The van der Waals surface area contributed by atoms with Crippen LogP contribution in [0.15, 0.2) is 21.5 Å². The molecule has 1 unspecified atom stereocenters. The number of fused-ring (bicyclic) bond motifs is 2. The van der Waals surface area contributed by atoms with E-state index in [1.165, 1.54) is 23.8 Å². The number of allylic oxidation sites excluding steroid dienone is 1. The van der Waals surface area contributed by atoms with E-state index in [0.717, 1.165) is 0 Å². The van der Waals surface area contributed by atoms with E-state index in [-0.39, 0.29) is 11.7 Å². The highest BCUT2D eigenvalue weighted by atomic mass is 32.2. The topological polar surface area (TPSA) is 143 Å². The van der Waals surface area contributed by atoms with Gasteiger partial charge in [0.1, 0.15) is 17.0 Å². The van der Waals surface area contributed by atoms with E-state index in [9.17, 15) is 19.5 Å². The Hall–Kier alpha value is -2.52. The second-order valence-corrected chi connectivity index (χ2v) is 7.76. The molecule has 2 fully saturated rings. The molecule has 3 rings (SSSR count). The van der Waals surface area contributed by atoms with Crippen LogP contribution in [0.2, 0.25) is 0 Å². The van der Waals surface area contributed by atoms with Gasteiger partial charge in [-0.05, 0) is 20.8 Å². The first-order valence-corrected chi connectivity index (χ1v) is 7.93. The average Bonchev–Trinajstić information content (AvgIpc) is 3.01. The fraction of sp³-hybridized carbons (Fsp3) is 0.571. The number of azo groups is 1. The van der Waals surface area contributed by atoms with Crippen LogP contribution in [0.25, 0.3) is 0 Å². The Balaban J connectivity index is 0.000000701. The number of methoxy groups -OCH3 is 1. The molecule has 0 aromatic rings. The van der Waals surface area contributed by atoms with E-state index in [1.807, 2.05) is 0 Å². The summed E-state index contributed by atoms with van der Waals surface area (Å²) in [6, 6.07) is -0.962. The van der Waals surface area contributed by atoms with Gasteiger partial charge in [0.15, 0.2) is 0 Å². The molecule has 0 aromatic carbocycles. The molecule has 1 N–H and O–H groups in total. The van der Waals surface area contributed by atoms with Crippen LogP contribution in [-0.2, 0) is 28.7 Å². The highest BCUT2D eigenvalue weighted by Gasteiger charge is 2.76. The molecule has 134 valence electrons. The molecule has 2 saturated heterocycles. The Morgan fingerprint density at radius 1 is 1.36 bits per heavy atom. The molecule has 0 aliphatic carbocycles. The number of esters is 1. The van der Waals surface area contributed by atoms with Crippen molar-refractivity contribution in [1.29, 1.82) is 0 Å². The summed E-state index contributed by atoms with van der Waals surface area (Å²) in [5.74, 6) is -2.24. The first kappa shape index (κ1) is 18.8. The van der Waals surface area contributed by atoms with Gasteiger partial charge in [-0.25, -0.2) is 9.59 Å². The van der Waals surface area contributed by atoms with Gasteiger partial charge in [-0.1, -0.05) is 0 Å². The molecule has 3 heterocycles. The standard InChI is InChI=1S/C13H15N3O5S.CO2/c1-5-6(9(19)21-4)13(15-14-5)10(20)16-7(8(17)18)12(2,3)22-11(13)16;2-1-3/h7,11H,1-4H3,(H,17,18);/t7-,11+,13?;/m0./s1. The molecule has 3 aliphatic heterocycles. The number of carbonyl (C=O) groups excluding carboxylic acids is 4. The summed E-state index contributed by atoms with van der Waals surface area (Å²) in [6.45, 7) is 5.10. The summed E-state index contributed by atoms with van der Waals surface area (Å²) < 4.78 is 4.05. The van der Waals surface area contributed by atoms with Crippen LogP contribution >= 0.6 is 11.8 Å². The lowest BCUT2D eigenvalue weighted by Gasteiger charge is -2.48. The van der Waals surface area contributed by atoms with Gasteiger partial charge in [-0.15, -0.1) is 11.8 Å². The van der Waals surface area contributed by atoms with Crippen molar-refractivity contribution in [3.05, 3.63) is 11.3 Å². The maximum atomic E-state index is 12.7. The second kappa shape index (κ2) is 6.08. The number of aliphatic carboxylic acids is 1. The summed E-state index contributed by atoms with van der Waals surface area (Å²) in [6.07, 6.45) is 0.250. The van der Waals surface area contributed by atoms with Crippen LogP contribution in [0.3, 0.4) is 0 Å². The normalized spacial score (nSPS) is 31.0. The van der Waals surface area contributed by atoms with Crippen LogP contribution in [-0.4, -0.2) is 62.8 Å². The lowest BCUT2D eigenvalue weighted by molar-refractivity contribution is -0.191. The summed E-state index contributed by atoms with van der Waals surface area (Å²) in [7, 11) is 1.22. The first-order valence-electron chi connectivity index (χ1n) is 7.05. The molecule has 1 spiro atoms. The minimum absolute atomic E-state index is 0.107. The zero-order chi connectivity index (χ0) is 19.2. The summed E-state index contributed by atoms with van der Waals surface area (Å²) in [5.41, 5.74) is -1.00. The molecule has 25 heavy (non-hydrogen) atoms. The maximum absolute atomic E-state index is 12.7. The minimum atomic E-state index is -1.44. The first-order chi connectivity index (χ1) is 11.6. The lowest BCUT2D eigenvalue weighted by Crippen LogP contribution is -2.73. The van der Waals surface area contributed by atoms with E-state index < -0.39 is 39.5 Å². The van der Waals surface area contributed by atoms with Crippen LogP contribution in [0.4, 0.5) is 0 Å². The highest BCUT2D eigenvalue weighted by Crippen LogP contribution is 2.60. The third kappa shape index (κ3) is 2.38. The minimum Gasteiger partial charge on any atom is -0.480 e.